The highest BCUT2D eigenvalue weighted by molar-refractivity contribution is 6.35. The molecule has 0 radical (unpaired) electrons. The van der Waals surface area contributed by atoms with Gasteiger partial charge < -0.3 is 9.72 Å². The fourth-order valence-electron chi connectivity index (χ4n) is 3.30. The Labute approximate surface area is 132 Å². The lowest BCUT2D eigenvalue weighted by atomic mass is 9.97. The fraction of sp³-hybridized carbons (Fsp3) is 0.167. The number of aromatic amines is 1. The van der Waals surface area contributed by atoms with Crippen molar-refractivity contribution in [2.75, 3.05) is 7.11 Å². The van der Waals surface area contributed by atoms with Gasteiger partial charge in [0.15, 0.2) is 0 Å². The van der Waals surface area contributed by atoms with Gasteiger partial charge in [0.1, 0.15) is 10.9 Å². The summed E-state index contributed by atoms with van der Waals surface area (Å²) in [6, 6.07) is 8.05. The Bertz CT molecular complexity index is 1050. The number of nitrogens with one attached hydrogen (secondary N) is 1. The highest BCUT2D eigenvalue weighted by Gasteiger charge is 2.16. The largest absolute Gasteiger partial charge is 0.497 e. The third kappa shape index (κ3) is 1.66. The topological polar surface area (TPSA) is 37.9 Å². The number of ether oxygens (including phenoxy) is 1. The summed E-state index contributed by atoms with van der Waals surface area (Å²) in [5.74, 6) is 0.838. The van der Waals surface area contributed by atoms with Crippen molar-refractivity contribution < 1.29 is 4.74 Å². The summed E-state index contributed by atoms with van der Waals surface area (Å²) < 4.78 is 5.36. The monoisotopic (exact) mass is 310 g/mol. The normalized spacial score (nSPS) is 11.6. The maximum absolute atomic E-state index is 6.41. The van der Waals surface area contributed by atoms with Gasteiger partial charge in [0.2, 0.25) is 0 Å². The van der Waals surface area contributed by atoms with Crippen LogP contribution < -0.4 is 4.74 Å². The molecule has 2 aromatic carbocycles. The first-order chi connectivity index (χ1) is 10.6. The Morgan fingerprint density at radius 1 is 1.05 bits per heavy atom. The van der Waals surface area contributed by atoms with E-state index in [4.69, 9.17) is 21.3 Å². The molecule has 2 aromatic heterocycles. The Kier molecular flexibility index (Phi) is 2.81. The number of hydrogen-bond acceptors (Lipinski definition) is 2. The molecule has 0 saturated carbocycles. The summed E-state index contributed by atoms with van der Waals surface area (Å²) in [5, 5.41) is 5.13. The van der Waals surface area contributed by atoms with E-state index in [1.807, 2.05) is 24.4 Å². The quantitative estimate of drug-likeness (QED) is 0.494. The number of aromatic nitrogens is 2. The summed E-state index contributed by atoms with van der Waals surface area (Å²) >= 11 is 6.41. The molecular formula is C18H15ClN2O. The minimum absolute atomic E-state index is 0.664. The van der Waals surface area contributed by atoms with Crippen LogP contribution in [-0.4, -0.2) is 17.1 Å². The van der Waals surface area contributed by atoms with Crippen LogP contribution in [0.3, 0.4) is 0 Å². The lowest BCUT2D eigenvalue weighted by Crippen LogP contribution is -1.89. The molecule has 0 aliphatic heterocycles. The van der Waals surface area contributed by atoms with Gasteiger partial charge in [-0.25, -0.2) is 4.98 Å². The number of hydrogen-bond donors (Lipinski definition) is 1. The van der Waals surface area contributed by atoms with Crippen LogP contribution in [0.25, 0.3) is 32.6 Å². The first kappa shape index (κ1) is 13.4. The number of nitrogens with zero attached hydrogens (tertiary/aromatic N) is 1. The van der Waals surface area contributed by atoms with Crippen LogP contribution in [0.15, 0.2) is 30.5 Å². The number of methoxy groups -OCH3 is 1. The number of H-pyrrole nitrogens is 1. The average molecular weight is 311 g/mol. The van der Waals surface area contributed by atoms with E-state index in [0.717, 1.165) is 49.5 Å². The Morgan fingerprint density at radius 2 is 1.86 bits per heavy atom. The van der Waals surface area contributed by atoms with E-state index < -0.39 is 0 Å². The molecule has 0 aliphatic rings. The zero-order chi connectivity index (χ0) is 15.4. The van der Waals surface area contributed by atoms with Crippen molar-refractivity contribution in [2.24, 2.45) is 0 Å². The minimum atomic E-state index is 0.664. The van der Waals surface area contributed by atoms with Crippen molar-refractivity contribution in [3.8, 4) is 5.75 Å². The van der Waals surface area contributed by atoms with E-state index in [9.17, 15) is 0 Å². The molecule has 4 heteroatoms. The molecule has 110 valence electrons. The summed E-state index contributed by atoms with van der Waals surface area (Å²) in [6.45, 7) is 4.20. The molecular weight excluding hydrogens is 296 g/mol. The van der Waals surface area contributed by atoms with Gasteiger partial charge in [-0.05, 0) is 54.6 Å². The zero-order valence-corrected chi connectivity index (χ0v) is 13.4. The molecule has 0 spiro atoms. The zero-order valence-electron chi connectivity index (χ0n) is 12.6. The minimum Gasteiger partial charge on any atom is -0.497 e. The molecule has 3 nitrogen and oxygen atoms in total. The predicted octanol–water partition coefficient (Wildman–Crippen LogP) is 5.15. The Balaban J connectivity index is 2.31. The highest BCUT2D eigenvalue weighted by Crippen LogP contribution is 2.39. The van der Waals surface area contributed by atoms with Crippen LogP contribution >= 0.6 is 11.6 Å². The molecule has 22 heavy (non-hydrogen) atoms. The second-order valence-corrected chi connectivity index (χ2v) is 5.93. The van der Waals surface area contributed by atoms with Gasteiger partial charge in [-0.3, -0.25) is 0 Å². The van der Waals surface area contributed by atoms with E-state index in [1.54, 1.807) is 7.11 Å². The lowest BCUT2D eigenvalue weighted by molar-refractivity contribution is 0.415. The molecule has 0 saturated heterocycles. The van der Waals surface area contributed by atoms with Crippen LogP contribution in [0.5, 0.6) is 5.75 Å². The van der Waals surface area contributed by atoms with Crippen molar-refractivity contribution in [3.63, 3.8) is 0 Å². The smallest absolute Gasteiger partial charge is 0.119 e. The van der Waals surface area contributed by atoms with Gasteiger partial charge in [-0.1, -0.05) is 11.6 Å². The second kappa shape index (κ2) is 4.62. The highest BCUT2D eigenvalue weighted by atomic mass is 35.5. The molecule has 0 bridgehead atoms. The van der Waals surface area contributed by atoms with Gasteiger partial charge in [0, 0.05) is 22.4 Å². The molecule has 0 atom stereocenters. The van der Waals surface area contributed by atoms with Crippen molar-refractivity contribution in [3.05, 3.63) is 46.7 Å². The van der Waals surface area contributed by atoms with Crippen LogP contribution in [0.4, 0.5) is 0 Å². The maximum Gasteiger partial charge on any atom is 0.119 e. The van der Waals surface area contributed by atoms with E-state index in [-0.39, 0.29) is 0 Å². The van der Waals surface area contributed by atoms with E-state index in [2.05, 4.69) is 24.9 Å². The molecule has 0 unspecified atom stereocenters. The molecule has 4 aromatic rings. The van der Waals surface area contributed by atoms with E-state index in [1.165, 1.54) is 0 Å². The molecule has 0 amide bonds. The van der Waals surface area contributed by atoms with Crippen LogP contribution in [0, 0.1) is 13.8 Å². The van der Waals surface area contributed by atoms with Gasteiger partial charge in [-0.15, -0.1) is 0 Å². The van der Waals surface area contributed by atoms with E-state index in [0.29, 0.717) is 5.15 Å². The van der Waals surface area contributed by atoms with E-state index >= 15 is 0 Å². The molecule has 0 fully saturated rings. The van der Waals surface area contributed by atoms with Gasteiger partial charge in [-0.2, -0.15) is 0 Å². The second-order valence-electron chi connectivity index (χ2n) is 5.55. The number of fused-ring (bicyclic) bond motifs is 4. The van der Waals surface area contributed by atoms with Gasteiger partial charge in [0.05, 0.1) is 18.1 Å². The first-order valence-electron chi connectivity index (χ1n) is 7.15. The van der Waals surface area contributed by atoms with Crippen molar-refractivity contribution in [1.82, 2.24) is 9.97 Å². The average Bonchev–Trinajstić information content (AvgIpc) is 2.91. The number of rotatable bonds is 1. The lowest BCUT2D eigenvalue weighted by Gasteiger charge is -2.10. The fourth-order valence-corrected chi connectivity index (χ4v) is 3.60. The van der Waals surface area contributed by atoms with Gasteiger partial charge >= 0.3 is 0 Å². The van der Waals surface area contributed by atoms with Crippen LogP contribution in [0.2, 0.25) is 5.15 Å². The van der Waals surface area contributed by atoms with Gasteiger partial charge in [0.25, 0.3) is 0 Å². The molecule has 4 rings (SSSR count). The molecule has 1 N–H and O–H groups in total. The number of aryl methyl sites for hydroxylation is 2. The number of benzene rings is 2. The van der Waals surface area contributed by atoms with Crippen molar-refractivity contribution in [1.29, 1.82) is 0 Å². The molecule has 0 aliphatic carbocycles. The van der Waals surface area contributed by atoms with Crippen molar-refractivity contribution >= 4 is 44.2 Å². The summed E-state index contributed by atoms with van der Waals surface area (Å²) in [5.41, 5.74) is 4.32. The SMILES string of the molecule is COc1ccc2nc3c(C)c4cc[nH]c(Cl)c4c(C)c3c2c1. The third-order valence-electron chi connectivity index (χ3n) is 4.40. The van der Waals surface area contributed by atoms with Crippen LogP contribution in [-0.2, 0) is 0 Å². The third-order valence-corrected chi connectivity index (χ3v) is 4.70. The predicted molar refractivity (Wildman–Crippen MR) is 92.1 cm³/mol. The summed E-state index contributed by atoms with van der Waals surface area (Å²) in [4.78, 5) is 7.91. The van der Waals surface area contributed by atoms with Crippen LogP contribution in [0.1, 0.15) is 11.1 Å². The maximum atomic E-state index is 6.41. The van der Waals surface area contributed by atoms with Crippen molar-refractivity contribution in [2.45, 2.75) is 13.8 Å². The first-order valence-corrected chi connectivity index (χ1v) is 7.53. The number of pyridine rings is 1. The summed E-state index contributed by atoms with van der Waals surface area (Å²) in [6.07, 6.45) is 1.87. The Hall–Kier alpha value is -2.26. The molecule has 2 heterocycles. The number of halogens is 1. The Morgan fingerprint density at radius 3 is 2.64 bits per heavy atom. The standard InChI is InChI=1S/C18H15ClN2O/c1-9-12-6-7-20-18(19)16(12)10(2)15-13-8-11(22-3)4-5-14(13)21-17(9)15/h4-8,20H,1-3H3. The summed E-state index contributed by atoms with van der Waals surface area (Å²) in [7, 11) is 1.68.